The Hall–Kier alpha value is -1.19. The lowest BCUT2D eigenvalue weighted by molar-refractivity contribution is 0.555. The van der Waals surface area contributed by atoms with Gasteiger partial charge >= 0.3 is 0 Å². The van der Waals surface area contributed by atoms with Gasteiger partial charge in [0.1, 0.15) is 0 Å². The first-order valence-electron chi connectivity index (χ1n) is 7.97. The molecule has 2 nitrogen and oxygen atoms in total. The third kappa shape index (κ3) is 4.14. The molecule has 1 heterocycles. The molecule has 1 N–H and O–H groups in total. The van der Waals surface area contributed by atoms with E-state index in [9.17, 15) is 0 Å². The molecule has 0 radical (unpaired) electrons. The zero-order chi connectivity index (χ0) is 14.7. The Bertz CT molecular complexity index is 570. The summed E-state index contributed by atoms with van der Waals surface area (Å²) >= 11 is 1.90. The van der Waals surface area contributed by atoms with Crippen LogP contribution in [0.1, 0.15) is 36.6 Å². The normalized spacial score (nSPS) is 14.8. The summed E-state index contributed by atoms with van der Waals surface area (Å²) in [6.07, 6.45) is 3.96. The lowest BCUT2D eigenvalue weighted by Gasteiger charge is -2.07. The van der Waals surface area contributed by atoms with Gasteiger partial charge in [0.25, 0.3) is 0 Å². The Morgan fingerprint density at radius 2 is 2.00 bits per heavy atom. The predicted octanol–water partition coefficient (Wildman–Crippen LogP) is 4.51. The fourth-order valence-corrected chi connectivity index (χ4v) is 3.65. The van der Waals surface area contributed by atoms with Gasteiger partial charge in [-0.1, -0.05) is 44.2 Å². The van der Waals surface area contributed by atoms with E-state index in [1.54, 1.807) is 0 Å². The molecule has 21 heavy (non-hydrogen) atoms. The van der Waals surface area contributed by atoms with Gasteiger partial charge in [-0.25, -0.2) is 4.98 Å². The van der Waals surface area contributed by atoms with Gasteiger partial charge in [-0.3, -0.25) is 0 Å². The lowest BCUT2D eigenvalue weighted by atomic mass is 10.1. The SMILES string of the molecule is CC(C)CNCc1sc(CC2CC2)nc1-c1ccccc1. The van der Waals surface area contributed by atoms with Gasteiger partial charge in [-0.05, 0) is 31.2 Å². The van der Waals surface area contributed by atoms with Gasteiger partial charge in [-0.2, -0.15) is 0 Å². The summed E-state index contributed by atoms with van der Waals surface area (Å²) in [4.78, 5) is 6.32. The maximum absolute atomic E-state index is 4.94. The molecule has 0 amide bonds. The highest BCUT2D eigenvalue weighted by molar-refractivity contribution is 7.12. The Morgan fingerprint density at radius 3 is 2.67 bits per heavy atom. The van der Waals surface area contributed by atoms with Gasteiger partial charge in [0, 0.05) is 23.4 Å². The zero-order valence-electron chi connectivity index (χ0n) is 12.9. The molecule has 1 saturated carbocycles. The van der Waals surface area contributed by atoms with Crippen LogP contribution < -0.4 is 5.32 Å². The van der Waals surface area contributed by atoms with Gasteiger partial charge in [-0.15, -0.1) is 11.3 Å². The number of nitrogens with zero attached hydrogens (tertiary/aromatic N) is 1. The van der Waals surface area contributed by atoms with Crippen LogP contribution in [0.5, 0.6) is 0 Å². The van der Waals surface area contributed by atoms with Crippen molar-refractivity contribution in [3.05, 3.63) is 40.2 Å². The summed E-state index contributed by atoms with van der Waals surface area (Å²) in [5.41, 5.74) is 2.43. The van der Waals surface area contributed by atoms with Crippen molar-refractivity contribution in [2.24, 2.45) is 11.8 Å². The van der Waals surface area contributed by atoms with Gasteiger partial charge in [0.15, 0.2) is 0 Å². The molecule has 1 aromatic heterocycles. The summed E-state index contributed by atoms with van der Waals surface area (Å²) < 4.78 is 0. The average Bonchev–Trinajstić information content (AvgIpc) is 3.19. The molecule has 112 valence electrons. The van der Waals surface area contributed by atoms with Crippen molar-refractivity contribution in [2.75, 3.05) is 6.54 Å². The molecule has 0 atom stereocenters. The molecular formula is C18H24N2S. The van der Waals surface area contributed by atoms with Crippen molar-refractivity contribution in [3.8, 4) is 11.3 Å². The first-order valence-corrected chi connectivity index (χ1v) is 8.78. The highest BCUT2D eigenvalue weighted by Gasteiger charge is 2.24. The quantitative estimate of drug-likeness (QED) is 0.814. The Labute approximate surface area is 131 Å². The zero-order valence-corrected chi connectivity index (χ0v) is 13.7. The van der Waals surface area contributed by atoms with Crippen LogP contribution in [0.2, 0.25) is 0 Å². The van der Waals surface area contributed by atoms with Crippen molar-refractivity contribution < 1.29 is 0 Å². The summed E-state index contributed by atoms with van der Waals surface area (Å²) in [7, 11) is 0. The van der Waals surface area contributed by atoms with Crippen LogP contribution in [0.3, 0.4) is 0 Å². The van der Waals surface area contributed by atoms with E-state index in [-0.39, 0.29) is 0 Å². The van der Waals surface area contributed by atoms with Crippen LogP contribution >= 0.6 is 11.3 Å². The largest absolute Gasteiger partial charge is 0.312 e. The molecule has 1 aromatic carbocycles. The molecule has 0 bridgehead atoms. The van der Waals surface area contributed by atoms with E-state index in [2.05, 4.69) is 49.5 Å². The van der Waals surface area contributed by atoms with Gasteiger partial charge < -0.3 is 5.32 Å². The lowest BCUT2D eigenvalue weighted by Crippen LogP contribution is -2.18. The second kappa shape index (κ2) is 6.71. The van der Waals surface area contributed by atoms with Crippen molar-refractivity contribution in [2.45, 2.75) is 39.7 Å². The molecule has 0 saturated heterocycles. The van der Waals surface area contributed by atoms with E-state index >= 15 is 0 Å². The number of thiazole rings is 1. The van der Waals surface area contributed by atoms with Crippen LogP contribution in [0, 0.1) is 11.8 Å². The minimum Gasteiger partial charge on any atom is -0.312 e. The number of rotatable bonds is 7. The third-order valence-corrected chi connectivity index (χ3v) is 4.86. The van der Waals surface area contributed by atoms with E-state index < -0.39 is 0 Å². The van der Waals surface area contributed by atoms with Crippen molar-refractivity contribution >= 4 is 11.3 Å². The number of hydrogen-bond acceptors (Lipinski definition) is 3. The second-order valence-electron chi connectivity index (χ2n) is 6.42. The highest BCUT2D eigenvalue weighted by Crippen LogP contribution is 2.36. The topological polar surface area (TPSA) is 24.9 Å². The van der Waals surface area contributed by atoms with Crippen LogP contribution in [0.15, 0.2) is 30.3 Å². The Kier molecular flexibility index (Phi) is 4.71. The smallest absolute Gasteiger partial charge is 0.0938 e. The average molecular weight is 300 g/mol. The number of nitrogens with one attached hydrogen (secondary N) is 1. The molecular weight excluding hydrogens is 276 g/mol. The van der Waals surface area contributed by atoms with E-state index in [1.807, 2.05) is 11.3 Å². The van der Waals surface area contributed by atoms with Crippen molar-refractivity contribution in [3.63, 3.8) is 0 Å². The van der Waals surface area contributed by atoms with Crippen LogP contribution in [-0.2, 0) is 13.0 Å². The second-order valence-corrected chi connectivity index (χ2v) is 7.59. The molecule has 1 aliphatic carbocycles. The molecule has 2 aromatic rings. The van der Waals surface area contributed by atoms with Gasteiger partial charge in [0.05, 0.1) is 10.7 Å². The van der Waals surface area contributed by atoms with E-state index in [0.717, 1.165) is 19.0 Å². The predicted molar refractivity (Wildman–Crippen MR) is 90.5 cm³/mol. The summed E-state index contributed by atoms with van der Waals surface area (Å²) in [6.45, 7) is 6.49. The van der Waals surface area contributed by atoms with E-state index in [4.69, 9.17) is 4.98 Å². The first-order chi connectivity index (χ1) is 10.2. The molecule has 3 rings (SSSR count). The summed E-state index contributed by atoms with van der Waals surface area (Å²) in [5, 5.41) is 4.88. The molecule has 0 aliphatic heterocycles. The standard InChI is InChI=1S/C18H24N2S/c1-13(2)11-19-12-16-18(15-6-4-3-5-7-15)20-17(21-16)10-14-8-9-14/h3-7,13-14,19H,8-12H2,1-2H3. The third-order valence-electron chi connectivity index (χ3n) is 3.79. The van der Waals surface area contributed by atoms with E-state index in [0.29, 0.717) is 5.92 Å². The summed E-state index contributed by atoms with van der Waals surface area (Å²) in [5.74, 6) is 1.58. The first kappa shape index (κ1) is 14.7. The Morgan fingerprint density at radius 1 is 1.24 bits per heavy atom. The Balaban J connectivity index is 1.79. The minimum atomic E-state index is 0.684. The molecule has 1 fully saturated rings. The van der Waals surface area contributed by atoms with Crippen LogP contribution in [-0.4, -0.2) is 11.5 Å². The van der Waals surface area contributed by atoms with Crippen LogP contribution in [0.4, 0.5) is 0 Å². The maximum atomic E-state index is 4.94. The summed E-state index contributed by atoms with van der Waals surface area (Å²) in [6, 6.07) is 10.6. The maximum Gasteiger partial charge on any atom is 0.0938 e. The molecule has 3 heteroatoms. The number of hydrogen-bond donors (Lipinski definition) is 1. The number of aromatic nitrogens is 1. The van der Waals surface area contributed by atoms with Crippen molar-refractivity contribution in [1.82, 2.24) is 10.3 Å². The fraction of sp³-hybridized carbons (Fsp3) is 0.500. The molecule has 1 aliphatic rings. The molecule has 0 spiro atoms. The number of benzene rings is 1. The molecule has 0 unspecified atom stereocenters. The minimum absolute atomic E-state index is 0.684. The van der Waals surface area contributed by atoms with Gasteiger partial charge in [0.2, 0.25) is 0 Å². The fourth-order valence-electron chi connectivity index (χ4n) is 2.47. The van der Waals surface area contributed by atoms with E-state index in [1.165, 1.54) is 40.4 Å². The highest BCUT2D eigenvalue weighted by atomic mass is 32.1. The van der Waals surface area contributed by atoms with Crippen molar-refractivity contribution in [1.29, 1.82) is 0 Å². The van der Waals surface area contributed by atoms with Crippen LogP contribution in [0.25, 0.3) is 11.3 Å². The monoisotopic (exact) mass is 300 g/mol.